The van der Waals surface area contributed by atoms with Crippen LogP contribution in [-0.2, 0) is 11.2 Å². The molecule has 4 heterocycles. The zero-order chi connectivity index (χ0) is 20.0. The highest BCUT2D eigenvalue weighted by Gasteiger charge is 2.43. The molecule has 29 heavy (non-hydrogen) atoms. The molecule has 0 N–H and O–H groups in total. The van der Waals surface area contributed by atoms with Gasteiger partial charge in [0.25, 0.3) is 5.78 Å². The molecule has 2 aliphatic heterocycles. The van der Waals surface area contributed by atoms with Crippen molar-refractivity contribution in [3.8, 4) is 0 Å². The van der Waals surface area contributed by atoms with Crippen LogP contribution in [0.3, 0.4) is 0 Å². The Morgan fingerprint density at radius 1 is 1.21 bits per heavy atom. The molecular weight excluding hydrogens is 364 g/mol. The van der Waals surface area contributed by atoms with Crippen LogP contribution in [0.25, 0.3) is 5.78 Å². The molecule has 1 atom stereocenters. The first kappa shape index (κ1) is 19.0. The van der Waals surface area contributed by atoms with Gasteiger partial charge < -0.3 is 9.80 Å². The van der Waals surface area contributed by atoms with Crippen LogP contribution in [0, 0.1) is 25.2 Å². The van der Waals surface area contributed by atoms with Gasteiger partial charge in [-0.1, -0.05) is 0 Å². The lowest BCUT2D eigenvalue weighted by Gasteiger charge is -2.40. The van der Waals surface area contributed by atoms with Crippen LogP contribution < -0.4 is 0 Å². The minimum Gasteiger partial charge on any atom is -0.342 e. The third-order valence-electron chi connectivity index (χ3n) is 7.32. The van der Waals surface area contributed by atoms with Crippen molar-refractivity contribution in [1.29, 1.82) is 0 Å². The summed E-state index contributed by atoms with van der Waals surface area (Å²) >= 11 is 0. The minimum atomic E-state index is 0.290. The molecule has 7 heteroatoms. The normalized spacial score (nSPS) is 25.4. The van der Waals surface area contributed by atoms with Crippen molar-refractivity contribution >= 4 is 11.7 Å². The van der Waals surface area contributed by atoms with E-state index in [0.29, 0.717) is 23.5 Å². The molecule has 2 aromatic heterocycles. The molecule has 156 valence electrons. The number of carbonyl (C=O) groups excluding carboxylic acids is 1. The number of carbonyl (C=O) groups is 1. The zero-order valence-electron chi connectivity index (χ0n) is 17.7. The average molecular weight is 397 g/mol. The number of likely N-dealkylation sites (tertiary alicyclic amines) is 2. The third-order valence-corrected chi connectivity index (χ3v) is 7.32. The van der Waals surface area contributed by atoms with Gasteiger partial charge >= 0.3 is 0 Å². The van der Waals surface area contributed by atoms with Crippen LogP contribution in [0.1, 0.15) is 55.5 Å². The fourth-order valence-corrected chi connectivity index (χ4v) is 5.52. The number of piperidine rings is 1. The monoisotopic (exact) mass is 396 g/mol. The van der Waals surface area contributed by atoms with E-state index >= 15 is 0 Å². The number of aryl methyl sites for hydroxylation is 2. The first-order chi connectivity index (χ1) is 14.0. The summed E-state index contributed by atoms with van der Waals surface area (Å²) in [6.45, 7) is 9.65. The largest absolute Gasteiger partial charge is 0.342 e. The zero-order valence-corrected chi connectivity index (χ0v) is 17.7. The fourth-order valence-electron chi connectivity index (χ4n) is 5.52. The van der Waals surface area contributed by atoms with Gasteiger partial charge in [0.05, 0.1) is 0 Å². The van der Waals surface area contributed by atoms with E-state index in [1.165, 1.54) is 58.1 Å². The summed E-state index contributed by atoms with van der Waals surface area (Å²) in [5.41, 5.74) is 3.46. The van der Waals surface area contributed by atoms with Gasteiger partial charge in [-0.25, -0.2) is 9.50 Å². The van der Waals surface area contributed by atoms with Crippen molar-refractivity contribution in [3.05, 3.63) is 23.3 Å². The molecule has 5 rings (SSSR count). The number of rotatable bonds is 5. The van der Waals surface area contributed by atoms with Crippen molar-refractivity contribution < 1.29 is 4.79 Å². The first-order valence-electron chi connectivity index (χ1n) is 11.2. The Kier molecular flexibility index (Phi) is 4.81. The molecule has 0 radical (unpaired) electrons. The van der Waals surface area contributed by atoms with Crippen LogP contribution in [0.2, 0.25) is 0 Å². The summed E-state index contributed by atoms with van der Waals surface area (Å²) in [4.78, 5) is 26.5. The molecule has 1 unspecified atom stereocenters. The first-order valence-corrected chi connectivity index (χ1v) is 11.2. The summed E-state index contributed by atoms with van der Waals surface area (Å²) in [5.74, 6) is 1.87. The Hall–Kier alpha value is -2.02. The molecule has 2 saturated heterocycles. The highest BCUT2D eigenvalue weighted by atomic mass is 16.2. The van der Waals surface area contributed by atoms with Gasteiger partial charge in [0.1, 0.15) is 6.33 Å². The standard InChI is InChI=1S/C22H32N6O/c1-16-19(17(2)28-21(25-16)23-15-24-28)6-7-20(29)27-11-9-22(14-27)8-3-10-26(13-22)12-18-4-5-18/h15,18H,3-14H2,1-2H3. The van der Waals surface area contributed by atoms with Gasteiger partial charge in [-0.3, -0.25) is 4.79 Å². The van der Waals surface area contributed by atoms with E-state index in [2.05, 4.69) is 24.9 Å². The summed E-state index contributed by atoms with van der Waals surface area (Å²) in [5, 5.41) is 4.26. The molecular formula is C22H32N6O. The SMILES string of the molecule is Cc1nc2ncnn2c(C)c1CCC(=O)N1CCC2(CCCN(CC3CC3)C2)C1. The molecule has 3 aliphatic rings. The molecule has 1 saturated carbocycles. The number of hydrogen-bond donors (Lipinski definition) is 0. The maximum Gasteiger partial charge on any atom is 0.252 e. The third kappa shape index (κ3) is 3.77. The average Bonchev–Trinajstić information content (AvgIpc) is 3.22. The Labute approximate surface area is 172 Å². The molecule has 1 spiro atoms. The van der Waals surface area contributed by atoms with Crippen LogP contribution in [-0.4, -0.2) is 68.0 Å². The number of fused-ring (bicyclic) bond motifs is 1. The van der Waals surface area contributed by atoms with Crippen LogP contribution in [0.4, 0.5) is 0 Å². The second-order valence-electron chi connectivity index (χ2n) is 9.58. The molecule has 0 aromatic carbocycles. The van der Waals surface area contributed by atoms with Crippen LogP contribution in [0.5, 0.6) is 0 Å². The number of nitrogens with zero attached hydrogens (tertiary/aromatic N) is 6. The van der Waals surface area contributed by atoms with Crippen molar-refractivity contribution in [2.75, 3.05) is 32.7 Å². The minimum absolute atomic E-state index is 0.290. The summed E-state index contributed by atoms with van der Waals surface area (Å²) in [7, 11) is 0. The van der Waals surface area contributed by atoms with E-state index in [1.807, 2.05) is 13.8 Å². The quantitative estimate of drug-likeness (QED) is 0.776. The Bertz CT molecular complexity index is 919. The highest BCUT2D eigenvalue weighted by Crippen LogP contribution is 2.40. The Balaban J connectivity index is 1.21. The highest BCUT2D eigenvalue weighted by molar-refractivity contribution is 5.77. The lowest BCUT2D eigenvalue weighted by molar-refractivity contribution is -0.130. The predicted octanol–water partition coefficient (Wildman–Crippen LogP) is 2.40. The molecule has 1 amide bonds. The number of amides is 1. The molecule has 3 fully saturated rings. The number of hydrogen-bond acceptors (Lipinski definition) is 5. The molecule has 7 nitrogen and oxygen atoms in total. The summed E-state index contributed by atoms with van der Waals surface area (Å²) < 4.78 is 1.77. The van der Waals surface area contributed by atoms with Gasteiger partial charge in [0, 0.05) is 49.4 Å². The van der Waals surface area contributed by atoms with Crippen molar-refractivity contribution in [1.82, 2.24) is 29.4 Å². The second-order valence-corrected chi connectivity index (χ2v) is 9.58. The predicted molar refractivity (Wildman–Crippen MR) is 111 cm³/mol. The maximum absolute atomic E-state index is 13.0. The van der Waals surface area contributed by atoms with Crippen LogP contribution >= 0.6 is 0 Å². The number of aromatic nitrogens is 4. The van der Waals surface area contributed by atoms with Crippen LogP contribution in [0.15, 0.2) is 6.33 Å². The van der Waals surface area contributed by atoms with E-state index in [9.17, 15) is 4.79 Å². The Morgan fingerprint density at radius 3 is 2.90 bits per heavy atom. The van der Waals surface area contributed by atoms with Gasteiger partial charge in [-0.15, -0.1) is 0 Å². The second kappa shape index (κ2) is 7.35. The molecule has 1 aliphatic carbocycles. The topological polar surface area (TPSA) is 66.6 Å². The van der Waals surface area contributed by atoms with E-state index in [4.69, 9.17) is 0 Å². The van der Waals surface area contributed by atoms with E-state index in [1.54, 1.807) is 4.52 Å². The maximum atomic E-state index is 13.0. The molecule has 2 aromatic rings. The van der Waals surface area contributed by atoms with Gasteiger partial charge in [0.15, 0.2) is 0 Å². The fraction of sp³-hybridized carbons (Fsp3) is 0.727. The lowest BCUT2D eigenvalue weighted by atomic mass is 9.79. The summed E-state index contributed by atoms with van der Waals surface area (Å²) in [6.07, 6.45) is 9.38. The lowest BCUT2D eigenvalue weighted by Crippen LogP contribution is -2.46. The van der Waals surface area contributed by atoms with E-state index in [-0.39, 0.29) is 0 Å². The van der Waals surface area contributed by atoms with Gasteiger partial charge in [-0.05, 0) is 70.4 Å². The Morgan fingerprint density at radius 2 is 2.07 bits per heavy atom. The van der Waals surface area contributed by atoms with Gasteiger partial charge in [-0.2, -0.15) is 10.1 Å². The van der Waals surface area contributed by atoms with E-state index < -0.39 is 0 Å². The van der Waals surface area contributed by atoms with Crippen molar-refractivity contribution in [2.45, 2.75) is 58.8 Å². The summed E-state index contributed by atoms with van der Waals surface area (Å²) in [6, 6.07) is 0. The van der Waals surface area contributed by atoms with E-state index in [0.717, 1.165) is 42.4 Å². The van der Waals surface area contributed by atoms with Gasteiger partial charge in [0.2, 0.25) is 5.91 Å². The molecule has 0 bridgehead atoms. The van der Waals surface area contributed by atoms with Crippen molar-refractivity contribution in [2.24, 2.45) is 11.3 Å². The smallest absolute Gasteiger partial charge is 0.252 e. The van der Waals surface area contributed by atoms with Crippen molar-refractivity contribution in [3.63, 3.8) is 0 Å².